The summed E-state index contributed by atoms with van der Waals surface area (Å²) in [6.07, 6.45) is 5.40. The summed E-state index contributed by atoms with van der Waals surface area (Å²) in [6, 6.07) is 6.08. The van der Waals surface area contributed by atoms with Crippen LogP contribution in [0.15, 0.2) is 18.2 Å². The summed E-state index contributed by atoms with van der Waals surface area (Å²) in [7, 11) is 0. The maximum Gasteiger partial charge on any atom is 0.115 e. The quantitative estimate of drug-likeness (QED) is 0.739. The third-order valence-corrected chi connectivity index (χ3v) is 4.21. The number of aromatic hydroxyl groups is 1. The number of aryl methyl sites for hydroxylation is 1. The van der Waals surface area contributed by atoms with Crippen molar-refractivity contribution >= 4 is 0 Å². The summed E-state index contributed by atoms with van der Waals surface area (Å²) in [5, 5.41) is 22.3. The van der Waals surface area contributed by atoms with Crippen LogP contribution in [0.5, 0.6) is 5.75 Å². The zero-order chi connectivity index (χ0) is 13.7. The molecule has 0 fully saturated rings. The molecule has 1 aliphatic carbocycles. The molecule has 0 radical (unpaired) electrons. The molecular weight excluding hydrogens is 238 g/mol. The van der Waals surface area contributed by atoms with Crippen molar-refractivity contribution in [3.63, 3.8) is 0 Å². The molecule has 0 aromatic heterocycles. The van der Waals surface area contributed by atoms with Crippen LogP contribution in [0, 0.1) is 5.92 Å². The van der Waals surface area contributed by atoms with E-state index >= 15 is 0 Å². The van der Waals surface area contributed by atoms with Gasteiger partial charge >= 0.3 is 0 Å². The minimum Gasteiger partial charge on any atom is -0.508 e. The predicted octanol–water partition coefficient (Wildman–Crippen LogP) is 2.77. The highest BCUT2D eigenvalue weighted by atomic mass is 16.3. The Bertz CT molecular complexity index is 406. The van der Waals surface area contributed by atoms with E-state index in [1.54, 1.807) is 6.07 Å². The second-order valence-electron chi connectivity index (χ2n) is 5.52. The summed E-state index contributed by atoms with van der Waals surface area (Å²) >= 11 is 0. The molecule has 1 aromatic rings. The Morgan fingerprint density at radius 2 is 2.26 bits per heavy atom. The van der Waals surface area contributed by atoms with E-state index in [2.05, 4.69) is 12.2 Å². The van der Waals surface area contributed by atoms with Gasteiger partial charge in [0.05, 0.1) is 0 Å². The SMILES string of the molecule is CCC(CCO)CNC1CCCc2ccc(O)cc21. The Balaban J connectivity index is 2.00. The summed E-state index contributed by atoms with van der Waals surface area (Å²) in [5.41, 5.74) is 2.61. The molecule has 0 heterocycles. The first-order valence-electron chi connectivity index (χ1n) is 7.40. The number of rotatable bonds is 6. The molecule has 1 aromatic carbocycles. The molecule has 2 unspecified atom stereocenters. The summed E-state index contributed by atoms with van der Waals surface area (Å²) < 4.78 is 0. The van der Waals surface area contributed by atoms with Gasteiger partial charge in [0, 0.05) is 12.6 Å². The van der Waals surface area contributed by atoms with Gasteiger partial charge in [-0.25, -0.2) is 0 Å². The van der Waals surface area contributed by atoms with Crippen LogP contribution in [0.4, 0.5) is 0 Å². The number of aliphatic hydroxyl groups is 1. The Morgan fingerprint density at radius 1 is 1.42 bits per heavy atom. The van der Waals surface area contributed by atoms with Crippen molar-refractivity contribution in [3.8, 4) is 5.75 Å². The Labute approximate surface area is 115 Å². The molecule has 19 heavy (non-hydrogen) atoms. The first-order chi connectivity index (χ1) is 9.24. The van der Waals surface area contributed by atoms with Crippen molar-refractivity contribution in [2.24, 2.45) is 5.92 Å². The number of hydrogen-bond donors (Lipinski definition) is 3. The summed E-state index contributed by atoms with van der Waals surface area (Å²) in [6.45, 7) is 3.38. The molecule has 1 aliphatic rings. The van der Waals surface area contributed by atoms with E-state index in [-0.39, 0.29) is 6.61 Å². The third kappa shape index (κ3) is 3.71. The lowest BCUT2D eigenvalue weighted by Crippen LogP contribution is -2.30. The Morgan fingerprint density at radius 3 is 3.00 bits per heavy atom. The standard InChI is InChI=1S/C16H25NO2/c1-2-12(8-9-18)11-17-16-5-3-4-13-6-7-14(19)10-15(13)16/h6-7,10,12,16-19H,2-5,8-9,11H2,1H3. The molecular formula is C16H25NO2. The van der Waals surface area contributed by atoms with E-state index in [1.165, 1.54) is 17.5 Å². The van der Waals surface area contributed by atoms with Crippen LogP contribution in [0.25, 0.3) is 0 Å². The van der Waals surface area contributed by atoms with Gasteiger partial charge in [0.15, 0.2) is 0 Å². The molecule has 2 rings (SSSR count). The van der Waals surface area contributed by atoms with Gasteiger partial charge in [-0.3, -0.25) is 0 Å². The molecule has 0 saturated carbocycles. The minimum absolute atomic E-state index is 0.266. The second-order valence-corrected chi connectivity index (χ2v) is 5.52. The zero-order valence-corrected chi connectivity index (χ0v) is 11.7. The first kappa shape index (κ1) is 14.4. The molecule has 0 saturated heterocycles. The highest BCUT2D eigenvalue weighted by Gasteiger charge is 2.21. The van der Waals surface area contributed by atoms with Crippen molar-refractivity contribution in [2.45, 2.75) is 45.1 Å². The number of hydrogen-bond acceptors (Lipinski definition) is 3. The number of fused-ring (bicyclic) bond motifs is 1. The van der Waals surface area contributed by atoms with Gasteiger partial charge < -0.3 is 15.5 Å². The van der Waals surface area contributed by atoms with Gasteiger partial charge in [0.1, 0.15) is 5.75 Å². The van der Waals surface area contributed by atoms with Crippen LogP contribution in [0.1, 0.15) is 49.8 Å². The number of phenols is 1. The highest BCUT2D eigenvalue weighted by molar-refractivity contribution is 5.38. The predicted molar refractivity (Wildman–Crippen MR) is 77.3 cm³/mol. The van der Waals surface area contributed by atoms with Crippen LogP contribution in [-0.2, 0) is 6.42 Å². The summed E-state index contributed by atoms with van der Waals surface area (Å²) in [5.74, 6) is 0.891. The summed E-state index contributed by atoms with van der Waals surface area (Å²) in [4.78, 5) is 0. The third-order valence-electron chi connectivity index (χ3n) is 4.21. The lowest BCUT2D eigenvalue weighted by Gasteiger charge is -2.28. The normalized spacial score (nSPS) is 20.0. The fourth-order valence-electron chi connectivity index (χ4n) is 2.94. The topological polar surface area (TPSA) is 52.5 Å². The number of benzene rings is 1. The minimum atomic E-state index is 0.266. The molecule has 3 heteroatoms. The van der Waals surface area contributed by atoms with Gasteiger partial charge in [-0.2, -0.15) is 0 Å². The van der Waals surface area contributed by atoms with E-state index in [0.29, 0.717) is 17.7 Å². The van der Waals surface area contributed by atoms with Crippen molar-refractivity contribution in [1.29, 1.82) is 0 Å². The molecule has 3 nitrogen and oxygen atoms in total. The Kier molecular flexibility index (Phi) is 5.23. The molecule has 106 valence electrons. The van der Waals surface area contributed by atoms with Crippen LogP contribution < -0.4 is 5.32 Å². The van der Waals surface area contributed by atoms with E-state index in [1.807, 2.05) is 12.1 Å². The molecule has 0 spiro atoms. The maximum absolute atomic E-state index is 9.65. The van der Waals surface area contributed by atoms with Gasteiger partial charge in [0.25, 0.3) is 0 Å². The van der Waals surface area contributed by atoms with Crippen molar-refractivity contribution in [1.82, 2.24) is 5.32 Å². The average molecular weight is 263 g/mol. The van der Waals surface area contributed by atoms with Gasteiger partial charge in [-0.15, -0.1) is 0 Å². The number of phenolic OH excluding ortho intramolecular Hbond substituents is 1. The van der Waals surface area contributed by atoms with Crippen LogP contribution in [0.2, 0.25) is 0 Å². The van der Waals surface area contributed by atoms with Crippen molar-refractivity contribution in [3.05, 3.63) is 29.3 Å². The van der Waals surface area contributed by atoms with Gasteiger partial charge in [-0.05, 0) is 61.4 Å². The number of nitrogens with one attached hydrogen (secondary N) is 1. The van der Waals surface area contributed by atoms with Gasteiger partial charge in [0.2, 0.25) is 0 Å². The largest absolute Gasteiger partial charge is 0.508 e. The monoisotopic (exact) mass is 263 g/mol. The fraction of sp³-hybridized carbons (Fsp3) is 0.625. The van der Waals surface area contributed by atoms with Crippen molar-refractivity contribution in [2.75, 3.05) is 13.2 Å². The zero-order valence-electron chi connectivity index (χ0n) is 11.7. The fourth-order valence-corrected chi connectivity index (χ4v) is 2.94. The van der Waals surface area contributed by atoms with E-state index in [4.69, 9.17) is 5.11 Å². The molecule has 0 aliphatic heterocycles. The molecule has 0 amide bonds. The lowest BCUT2D eigenvalue weighted by molar-refractivity contribution is 0.247. The molecule has 2 atom stereocenters. The maximum atomic E-state index is 9.65. The van der Waals surface area contributed by atoms with Crippen LogP contribution >= 0.6 is 0 Å². The van der Waals surface area contributed by atoms with E-state index in [9.17, 15) is 5.11 Å². The molecule has 0 bridgehead atoms. The van der Waals surface area contributed by atoms with E-state index < -0.39 is 0 Å². The number of aliphatic hydroxyl groups excluding tert-OH is 1. The lowest BCUT2D eigenvalue weighted by atomic mass is 9.87. The van der Waals surface area contributed by atoms with Crippen LogP contribution in [0.3, 0.4) is 0 Å². The van der Waals surface area contributed by atoms with Crippen molar-refractivity contribution < 1.29 is 10.2 Å². The van der Waals surface area contributed by atoms with Gasteiger partial charge in [-0.1, -0.05) is 19.4 Å². The second kappa shape index (κ2) is 6.92. The smallest absolute Gasteiger partial charge is 0.115 e. The highest BCUT2D eigenvalue weighted by Crippen LogP contribution is 2.32. The Hall–Kier alpha value is -1.06. The first-order valence-corrected chi connectivity index (χ1v) is 7.40. The average Bonchev–Trinajstić information content (AvgIpc) is 2.43. The van der Waals surface area contributed by atoms with E-state index in [0.717, 1.165) is 32.2 Å². The van der Waals surface area contributed by atoms with Crippen LogP contribution in [-0.4, -0.2) is 23.4 Å². The molecule has 3 N–H and O–H groups in total.